The van der Waals surface area contributed by atoms with Gasteiger partial charge in [-0.25, -0.2) is 4.98 Å². The topological polar surface area (TPSA) is 47.0 Å². The number of hydrogen-bond acceptors (Lipinski definition) is 4. The van der Waals surface area contributed by atoms with E-state index >= 15 is 0 Å². The lowest BCUT2D eigenvalue weighted by molar-refractivity contribution is 0.399. The fraction of sp³-hybridized carbons (Fsp3) is 0.231. The molecule has 0 saturated heterocycles. The Balaban J connectivity index is 2.16. The molecule has 88 valence electrons. The van der Waals surface area contributed by atoms with Gasteiger partial charge in [0.05, 0.1) is 24.5 Å². The molecule has 1 atom stereocenters. The molecule has 0 fully saturated rings. The number of ether oxygens (including phenoxy) is 1. The van der Waals surface area contributed by atoms with Crippen LogP contribution in [0.4, 0.5) is 5.69 Å². The first-order valence-electron chi connectivity index (χ1n) is 5.47. The molecule has 17 heavy (non-hydrogen) atoms. The highest BCUT2D eigenvalue weighted by Gasteiger charge is 2.09. The quantitative estimate of drug-likeness (QED) is 0.875. The Morgan fingerprint density at radius 2 is 1.94 bits per heavy atom. The molecule has 0 amide bonds. The second kappa shape index (κ2) is 5.30. The Hall–Kier alpha value is -2.10. The number of methoxy groups -OCH3 is 1. The highest BCUT2D eigenvalue weighted by molar-refractivity contribution is 5.53. The van der Waals surface area contributed by atoms with Gasteiger partial charge in [-0.15, -0.1) is 0 Å². The molecule has 0 saturated carbocycles. The highest BCUT2D eigenvalue weighted by Crippen LogP contribution is 2.24. The van der Waals surface area contributed by atoms with Gasteiger partial charge in [-0.1, -0.05) is 6.07 Å². The van der Waals surface area contributed by atoms with Crippen molar-refractivity contribution in [2.45, 2.75) is 13.0 Å². The zero-order valence-corrected chi connectivity index (χ0v) is 9.92. The molecule has 1 N–H and O–H groups in total. The van der Waals surface area contributed by atoms with Crippen LogP contribution in [0.2, 0.25) is 0 Å². The van der Waals surface area contributed by atoms with E-state index in [9.17, 15) is 0 Å². The van der Waals surface area contributed by atoms with Gasteiger partial charge < -0.3 is 10.1 Å². The number of anilines is 1. The van der Waals surface area contributed by atoms with E-state index < -0.39 is 0 Å². The summed E-state index contributed by atoms with van der Waals surface area (Å²) in [6.07, 6.45) is 3.49. The third-order valence-corrected chi connectivity index (χ3v) is 2.47. The number of nitrogens with one attached hydrogen (secondary N) is 1. The summed E-state index contributed by atoms with van der Waals surface area (Å²) >= 11 is 0. The minimum atomic E-state index is 0.106. The first-order valence-corrected chi connectivity index (χ1v) is 5.47. The number of hydrogen-bond donors (Lipinski definition) is 1. The Bertz CT molecular complexity index is 473. The average Bonchev–Trinajstić information content (AvgIpc) is 2.40. The predicted octanol–water partition coefficient (Wildman–Crippen LogP) is 2.66. The van der Waals surface area contributed by atoms with E-state index in [0.29, 0.717) is 5.88 Å². The molecule has 4 nitrogen and oxygen atoms in total. The largest absolute Gasteiger partial charge is 0.480 e. The van der Waals surface area contributed by atoms with Crippen molar-refractivity contribution in [1.82, 2.24) is 9.97 Å². The van der Waals surface area contributed by atoms with Gasteiger partial charge in [0.2, 0.25) is 5.88 Å². The SMILES string of the molecule is COc1ncccc1NC(C)c1ccccn1. The Morgan fingerprint density at radius 1 is 1.12 bits per heavy atom. The maximum absolute atomic E-state index is 5.19. The molecule has 0 bridgehead atoms. The summed E-state index contributed by atoms with van der Waals surface area (Å²) in [5, 5.41) is 3.33. The van der Waals surface area contributed by atoms with E-state index in [-0.39, 0.29) is 6.04 Å². The van der Waals surface area contributed by atoms with Crippen molar-refractivity contribution >= 4 is 5.69 Å². The van der Waals surface area contributed by atoms with Crippen molar-refractivity contribution in [2.75, 3.05) is 12.4 Å². The summed E-state index contributed by atoms with van der Waals surface area (Å²) in [5.74, 6) is 0.593. The van der Waals surface area contributed by atoms with Crippen LogP contribution in [0, 0.1) is 0 Å². The molecule has 2 heterocycles. The van der Waals surface area contributed by atoms with E-state index in [4.69, 9.17) is 4.74 Å². The van der Waals surface area contributed by atoms with Crippen molar-refractivity contribution in [3.8, 4) is 5.88 Å². The fourth-order valence-electron chi connectivity index (χ4n) is 1.60. The lowest BCUT2D eigenvalue weighted by atomic mass is 10.2. The number of aromatic nitrogens is 2. The fourth-order valence-corrected chi connectivity index (χ4v) is 1.60. The zero-order valence-electron chi connectivity index (χ0n) is 9.92. The normalized spacial score (nSPS) is 11.9. The Morgan fingerprint density at radius 3 is 2.65 bits per heavy atom. The molecular weight excluding hydrogens is 214 g/mol. The summed E-state index contributed by atoms with van der Waals surface area (Å²) in [4.78, 5) is 8.45. The summed E-state index contributed by atoms with van der Waals surface area (Å²) in [5.41, 5.74) is 1.85. The van der Waals surface area contributed by atoms with E-state index in [2.05, 4.69) is 22.2 Å². The summed E-state index contributed by atoms with van der Waals surface area (Å²) in [6, 6.07) is 9.78. The molecule has 0 aliphatic rings. The van der Waals surface area contributed by atoms with Crippen LogP contribution in [0.3, 0.4) is 0 Å². The lowest BCUT2D eigenvalue weighted by Gasteiger charge is -2.16. The van der Waals surface area contributed by atoms with Crippen molar-refractivity contribution < 1.29 is 4.74 Å². The van der Waals surface area contributed by atoms with Gasteiger partial charge in [-0.05, 0) is 31.2 Å². The highest BCUT2D eigenvalue weighted by atomic mass is 16.5. The standard InChI is InChI=1S/C13H15N3O/c1-10(11-6-3-4-8-14-11)16-12-7-5-9-15-13(12)17-2/h3-10,16H,1-2H3. The van der Waals surface area contributed by atoms with Crippen molar-refractivity contribution in [3.05, 3.63) is 48.4 Å². The number of rotatable bonds is 4. The molecular formula is C13H15N3O. The van der Waals surface area contributed by atoms with Crippen LogP contribution < -0.4 is 10.1 Å². The zero-order chi connectivity index (χ0) is 12.1. The molecule has 2 aromatic heterocycles. The molecule has 0 spiro atoms. The first kappa shape index (κ1) is 11.4. The maximum Gasteiger partial charge on any atom is 0.237 e. The number of nitrogens with zero attached hydrogens (tertiary/aromatic N) is 2. The van der Waals surface area contributed by atoms with E-state index in [1.807, 2.05) is 30.3 Å². The minimum absolute atomic E-state index is 0.106. The molecule has 0 aliphatic carbocycles. The van der Waals surface area contributed by atoms with Crippen LogP contribution >= 0.6 is 0 Å². The van der Waals surface area contributed by atoms with Crippen LogP contribution in [0.1, 0.15) is 18.7 Å². The third-order valence-electron chi connectivity index (χ3n) is 2.47. The minimum Gasteiger partial charge on any atom is -0.480 e. The van der Waals surface area contributed by atoms with Crippen molar-refractivity contribution in [3.63, 3.8) is 0 Å². The summed E-state index contributed by atoms with van der Waals surface area (Å²) < 4.78 is 5.19. The van der Waals surface area contributed by atoms with Crippen LogP contribution in [0.5, 0.6) is 5.88 Å². The van der Waals surface area contributed by atoms with Gasteiger partial charge in [0.15, 0.2) is 0 Å². The van der Waals surface area contributed by atoms with Crippen molar-refractivity contribution in [2.24, 2.45) is 0 Å². The second-order valence-electron chi connectivity index (χ2n) is 3.68. The van der Waals surface area contributed by atoms with Gasteiger partial charge in [-0.2, -0.15) is 0 Å². The summed E-state index contributed by atoms with van der Waals surface area (Å²) in [6.45, 7) is 2.05. The molecule has 0 radical (unpaired) electrons. The van der Waals surface area contributed by atoms with Gasteiger partial charge >= 0.3 is 0 Å². The molecule has 4 heteroatoms. The lowest BCUT2D eigenvalue weighted by Crippen LogP contribution is -2.09. The molecule has 2 rings (SSSR count). The third kappa shape index (κ3) is 2.72. The van der Waals surface area contributed by atoms with E-state index in [1.54, 1.807) is 19.5 Å². The van der Waals surface area contributed by atoms with Crippen molar-refractivity contribution in [1.29, 1.82) is 0 Å². The number of pyridine rings is 2. The summed E-state index contributed by atoms with van der Waals surface area (Å²) in [7, 11) is 1.61. The maximum atomic E-state index is 5.19. The molecule has 0 aromatic carbocycles. The monoisotopic (exact) mass is 229 g/mol. The Labute approximate surface area is 101 Å². The Kier molecular flexibility index (Phi) is 3.55. The van der Waals surface area contributed by atoms with Crippen LogP contribution in [0.15, 0.2) is 42.7 Å². The van der Waals surface area contributed by atoms with E-state index in [0.717, 1.165) is 11.4 Å². The first-order chi connectivity index (χ1) is 8.31. The van der Waals surface area contributed by atoms with Crippen LogP contribution in [-0.2, 0) is 0 Å². The molecule has 0 aliphatic heterocycles. The van der Waals surface area contributed by atoms with E-state index in [1.165, 1.54) is 0 Å². The predicted molar refractivity (Wildman–Crippen MR) is 67.1 cm³/mol. The van der Waals surface area contributed by atoms with Gasteiger partial charge in [0, 0.05) is 12.4 Å². The molecule has 1 unspecified atom stereocenters. The van der Waals surface area contributed by atoms with Crippen LogP contribution in [0.25, 0.3) is 0 Å². The van der Waals surface area contributed by atoms with Crippen LogP contribution in [-0.4, -0.2) is 17.1 Å². The molecule has 2 aromatic rings. The average molecular weight is 229 g/mol. The van der Waals surface area contributed by atoms with Gasteiger partial charge in [0.1, 0.15) is 0 Å². The second-order valence-corrected chi connectivity index (χ2v) is 3.68. The van der Waals surface area contributed by atoms with Gasteiger partial charge in [-0.3, -0.25) is 4.98 Å². The smallest absolute Gasteiger partial charge is 0.237 e. The van der Waals surface area contributed by atoms with Gasteiger partial charge in [0.25, 0.3) is 0 Å².